The van der Waals surface area contributed by atoms with Crippen molar-refractivity contribution in [3.63, 3.8) is 0 Å². The molecule has 4 rings (SSSR count). The first kappa shape index (κ1) is 20.6. The fraction of sp³-hybridized carbons (Fsp3) is 0.333. The largest absolute Gasteiger partial charge is 0.493 e. The van der Waals surface area contributed by atoms with Gasteiger partial charge in [-0.2, -0.15) is 0 Å². The molecule has 0 aliphatic carbocycles. The number of rotatable bonds is 8. The molecule has 1 fully saturated rings. The van der Waals surface area contributed by atoms with E-state index in [2.05, 4.69) is 39.5 Å². The number of thiazole rings is 1. The van der Waals surface area contributed by atoms with Gasteiger partial charge in [0.15, 0.2) is 0 Å². The SMILES string of the molecule is CCOc1ccccc1-c1nc(CC(=O)NC2CCN(Cc3ccccc3)C2)cs1. The Labute approximate surface area is 181 Å². The molecule has 1 saturated heterocycles. The summed E-state index contributed by atoms with van der Waals surface area (Å²) in [5.41, 5.74) is 3.09. The average molecular weight is 422 g/mol. The highest BCUT2D eigenvalue weighted by atomic mass is 32.1. The molecule has 1 aliphatic rings. The smallest absolute Gasteiger partial charge is 0.226 e. The summed E-state index contributed by atoms with van der Waals surface area (Å²) >= 11 is 1.55. The molecule has 1 amide bonds. The maximum absolute atomic E-state index is 12.6. The highest BCUT2D eigenvalue weighted by molar-refractivity contribution is 7.13. The fourth-order valence-electron chi connectivity index (χ4n) is 3.82. The molecule has 0 bridgehead atoms. The van der Waals surface area contributed by atoms with Crippen LogP contribution in [0.1, 0.15) is 24.6 Å². The van der Waals surface area contributed by atoms with Crippen LogP contribution in [-0.4, -0.2) is 41.5 Å². The van der Waals surface area contributed by atoms with Crippen molar-refractivity contribution in [2.75, 3.05) is 19.7 Å². The molecule has 1 atom stereocenters. The van der Waals surface area contributed by atoms with Gasteiger partial charge in [-0.05, 0) is 31.0 Å². The number of carbonyl (C=O) groups is 1. The van der Waals surface area contributed by atoms with E-state index in [1.807, 2.05) is 42.6 Å². The Morgan fingerprint density at radius 2 is 2.00 bits per heavy atom. The Kier molecular flexibility index (Phi) is 6.77. The topological polar surface area (TPSA) is 54.5 Å². The van der Waals surface area contributed by atoms with Crippen molar-refractivity contribution >= 4 is 17.2 Å². The van der Waals surface area contributed by atoms with E-state index in [-0.39, 0.29) is 11.9 Å². The number of carbonyl (C=O) groups excluding carboxylic acids is 1. The van der Waals surface area contributed by atoms with Crippen LogP contribution in [0.5, 0.6) is 5.75 Å². The van der Waals surface area contributed by atoms with Crippen molar-refractivity contribution in [2.45, 2.75) is 32.4 Å². The molecular formula is C24H27N3O2S. The van der Waals surface area contributed by atoms with Gasteiger partial charge in [0.05, 0.1) is 24.3 Å². The van der Waals surface area contributed by atoms with Crippen molar-refractivity contribution < 1.29 is 9.53 Å². The first-order chi connectivity index (χ1) is 14.7. The van der Waals surface area contributed by atoms with E-state index in [0.717, 1.165) is 48.1 Å². The number of nitrogens with one attached hydrogen (secondary N) is 1. The van der Waals surface area contributed by atoms with Crippen LogP contribution < -0.4 is 10.1 Å². The zero-order valence-corrected chi connectivity index (χ0v) is 18.0. The predicted molar refractivity (Wildman–Crippen MR) is 121 cm³/mol. The summed E-state index contributed by atoms with van der Waals surface area (Å²) in [6, 6.07) is 18.6. The van der Waals surface area contributed by atoms with E-state index >= 15 is 0 Å². The van der Waals surface area contributed by atoms with Gasteiger partial charge in [0.2, 0.25) is 5.91 Å². The van der Waals surface area contributed by atoms with E-state index in [1.54, 1.807) is 11.3 Å². The Balaban J connectivity index is 1.30. The maximum atomic E-state index is 12.6. The van der Waals surface area contributed by atoms with Crippen LogP contribution in [0.4, 0.5) is 0 Å². The zero-order valence-electron chi connectivity index (χ0n) is 17.2. The quantitative estimate of drug-likeness (QED) is 0.594. The predicted octanol–water partition coefficient (Wildman–Crippen LogP) is 4.14. The van der Waals surface area contributed by atoms with Crippen LogP contribution >= 0.6 is 11.3 Å². The van der Waals surface area contributed by atoms with Crippen molar-refractivity contribution in [1.29, 1.82) is 0 Å². The minimum Gasteiger partial charge on any atom is -0.493 e. The van der Waals surface area contributed by atoms with E-state index in [1.165, 1.54) is 5.56 Å². The van der Waals surface area contributed by atoms with Crippen LogP contribution in [0.25, 0.3) is 10.6 Å². The molecule has 0 spiro atoms. The van der Waals surface area contributed by atoms with Gasteiger partial charge in [0.1, 0.15) is 10.8 Å². The van der Waals surface area contributed by atoms with Crippen molar-refractivity contribution in [3.05, 3.63) is 71.2 Å². The molecule has 0 radical (unpaired) electrons. The van der Waals surface area contributed by atoms with Crippen LogP contribution in [0, 0.1) is 0 Å². The molecule has 5 nitrogen and oxygen atoms in total. The lowest BCUT2D eigenvalue weighted by Gasteiger charge is -2.16. The average Bonchev–Trinajstić information content (AvgIpc) is 3.39. The Hall–Kier alpha value is -2.70. The summed E-state index contributed by atoms with van der Waals surface area (Å²) in [6.45, 7) is 5.42. The first-order valence-corrected chi connectivity index (χ1v) is 11.3. The zero-order chi connectivity index (χ0) is 20.8. The summed E-state index contributed by atoms with van der Waals surface area (Å²) in [7, 11) is 0. The van der Waals surface area contributed by atoms with Gasteiger partial charge in [-0.15, -0.1) is 11.3 Å². The van der Waals surface area contributed by atoms with Crippen molar-refractivity contribution in [1.82, 2.24) is 15.2 Å². The second-order valence-electron chi connectivity index (χ2n) is 7.52. The molecule has 0 saturated carbocycles. The summed E-state index contributed by atoms with van der Waals surface area (Å²) in [5, 5.41) is 6.04. The third kappa shape index (κ3) is 5.26. The standard InChI is InChI=1S/C24H27N3O2S/c1-2-29-22-11-7-6-10-21(22)24-26-20(17-30-24)14-23(28)25-19-12-13-27(16-19)15-18-8-4-3-5-9-18/h3-11,17,19H,2,12-16H2,1H3,(H,25,28). The lowest BCUT2D eigenvalue weighted by Crippen LogP contribution is -2.37. The van der Waals surface area contributed by atoms with E-state index in [0.29, 0.717) is 13.0 Å². The third-order valence-electron chi connectivity index (χ3n) is 5.20. The molecule has 6 heteroatoms. The van der Waals surface area contributed by atoms with E-state index in [4.69, 9.17) is 4.74 Å². The number of benzene rings is 2. The number of aromatic nitrogens is 1. The fourth-order valence-corrected chi connectivity index (χ4v) is 4.66. The number of likely N-dealkylation sites (tertiary alicyclic amines) is 1. The molecule has 156 valence electrons. The number of nitrogens with zero attached hydrogens (tertiary/aromatic N) is 2. The molecule has 30 heavy (non-hydrogen) atoms. The summed E-state index contributed by atoms with van der Waals surface area (Å²) in [4.78, 5) is 19.6. The van der Waals surface area contributed by atoms with Crippen molar-refractivity contribution in [2.24, 2.45) is 0 Å². The first-order valence-electron chi connectivity index (χ1n) is 10.4. The maximum Gasteiger partial charge on any atom is 0.226 e. The number of hydrogen-bond acceptors (Lipinski definition) is 5. The van der Waals surface area contributed by atoms with Crippen LogP contribution in [0.3, 0.4) is 0 Å². The van der Waals surface area contributed by atoms with Gasteiger partial charge in [-0.25, -0.2) is 4.98 Å². The summed E-state index contributed by atoms with van der Waals surface area (Å²) < 4.78 is 5.71. The van der Waals surface area contributed by atoms with Gasteiger partial charge in [0, 0.05) is 31.1 Å². The summed E-state index contributed by atoms with van der Waals surface area (Å²) in [5.74, 6) is 0.867. The minimum atomic E-state index is 0.0384. The Morgan fingerprint density at radius 3 is 2.83 bits per heavy atom. The molecule has 1 N–H and O–H groups in total. The highest BCUT2D eigenvalue weighted by Gasteiger charge is 2.24. The minimum absolute atomic E-state index is 0.0384. The van der Waals surface area contributed by atoms with Gasteiger partial charge in [-0.3, -0.25) is 9.69 Å². The normalized spacial score (nSPS) is 16.5. The van der Waals surface area contributed by atoms with Crippen LogP contribution in [-0.2, 0) is 17.8 Å². The molecule has 2 aromatic carbocycles. The Morgan fingerprint density at radius 1 is 1.20 bits per heavy atom. The molecule has 1 unspecified atom stereocenters. The molecule has 3 aromatic rings. The summed E-state index contributed by atoms with van der Waals surface area (Å²) in [6.07, 6.45) is 1.30. The third-order valence-corrected chi connectivity index (χ3v) is 6.12. The second kappa shape index (κ2) is 9.87. The highest BCUT2D eigenvalue weighted by Crippen LogP contribution is 2.32. The van der Waals surface area contributed by atoms with E-state index < -0.39 is 0 Å². The lowest BCUT2D eigenvalue weighted by atomic mass is 10.2. The number of amides is 1. The van der Waals surface area contributed by atoms with Crippen LogP contribution in [0.2, 0.25) is 0 Å². The number of ether oxygens (including phenoxy) is 1. The number of para-hydroxylation sites is 1. The lowest BCUT2D eigenvalue weighted by molar-refractivity contribution is -0.121. The Bertz CT molecular complexity index is 973. The van der Waals surface area contributed by atoms with Gasteiger partial charge < -0.3 is 10.1 Å². The molecule has 1 aromatic heterocycles. The van der Waals surface area contributed by atoms with Gasteiger partial charge >= 0.3 is 0 Å². The van der Waals surface area contributed by atoms with Crippen molar-refractivity contribution in [3.8, 4) is 16.3 Å². The molecule has 2 heterocycles. The second-order valence-corrected chi connectivity index (χ2v) is 8.38. The van der Waals surface area contributed by atoms with Gasteiger partial charge in [0.25, 0.3) is 0 Å². The molecular weight excluding hydrogens is 394 g/mol. The van der Waals surface area contributed by atoms with Crippen LogP contribution in [0.15, 0.2) is 60.0 Å². The molecule has 1 aliphatic heterocycles. The number of hydrogen-bond donors (Lipinski definition) is 1. The monoisotopic (exact) mass is 421 g/mol. The van der Waals surface area contributed by atoms with Gasteiger partial charge in [-0.1, -0.05) is 42.5 Å². The van der Waals surface area contributed by atoms with E-state index in [9.17, 15) is 4.79 Å².